The van der Waals surface area contributed by atoms with Gasteiger partial charge in [-0.3, -0.25) is 9.59 Å². The van der Waals surface area contributed by atoms with Gasteiger partial charge in [-0.2, -0.15) is 9.78 Å². The average molecular weight is 416 g/mol. The number of ether oxygens (including phenoxy) is 1. The predicted molar refractivity (Wildman–Crippen MR) is 120 cm³/mol. The molecule has 0 fully saturated rings. The van der Waals surface area contributed by atoms with E-state index in [1.54, 1.807) is 13.3 Å². The summed E-state index contributed by atoms with van der Waals surface area (Å²) >= 11 is 0. The van der Waals surface area contributed by atoms with Crippen molar-refractivity contribution in [2.24, 2.45) is 0 Å². The fourth-order valence-corrected chi connectivity index (χ4v) is 3.78. The van der Waals surface area contributed by atoms with Crippen molar-refractivity contribution in [1.82, 2.24) is 19.7 Å². The highest BCUT2D eigenvalue weighted by Crippen LogP contribution is 2.22. The Bertz CT molecular complexity index is 1310. The summed E-state index contributed by atoms with van der Waals surface area (Å²) in [7, 11) is 1.61. The maximum atomic E-state index is 13.1. The van der Waals surface area contributed by atoms with Gasteiger partial charge in [-0.15, -0.1) is 0 Å². The van der Waals surface area contributed by atoms with E-state index in [1.165, 1.54) is 4.68 Å². The van der Waals surface area contributed by atoms with Gasteiger partial charge < -0.3 is 14.6 Å². The summed E-state index contributed by atoms with van der Waals surface area (Å²) in [6.45, 7) is 4.29. The highest BCUT2D eigenvalue weighted by molar-refractivity contribution is 5.88. The number of fused-ring (bicyclic) bond motifs is 1. The zero-order valence-electron chi connectivity index (χ0n) is 17.8. The Labute approximate surface area is 179 Å². The Balaban J connectivity index is 1.60. The molecule has 0 atom stereocenters. The van der Waals surface area contributed by atoms with Crippen molar-refractivity contribution in [3.8, 4) is 11.4 Å². The first-order valence-electron chi connectivity index (χ1n) is 10.0. The average Bonchev–Trinajstić information content (AvgIpc) is 3.04. The molecule has 1 N–H and O–H groups in total. The van der Waals surface area contributed by atoms with E-state index in [0.717, 1.165) is 28.1 Å². The van der Waals surface area contributed by atoms with Gasteiger partial charge in [0, 0.05) is 23.3 Å². The van der Waals surface area contributed by atoms with Gasteiger partial charge >= 0.3 is 0 Å². The minimum atomic E-state index is -0.195. The number of carbonyl (C=O) groups excluding carboxylic acids is 1. The molecule has 0 unspecified atom stereocenters. The van der Waals surface area contributed by atoms with E-state index in [1.807, 2.05) is 73.0 Å². The number of nitrogens with zero attached hydrogens (tertiary/aromatic N) is 3. The molecular weight excluding hydrogens is 392 g/mol. The number of hydrogen-bond donors (Lipinski definition) is 1. The fraction of sp³-hybridized carbons (Fsp3) is 0.208. The number of para-hydroxylation sites is 1. The van der Waals surface area contributed by atoms with Gasteiger partial charge in [-0.25, -0.2) is 0 Å². The Morgan fingerprint density at radius 3 is 2.58 bits per heavy atom. The van der Waals surface area contributed by atoms with Crippen molar-refractivity contribution in [3.05, 3.63) is 88.1 Å². The molecule has 4 rings (SSSR count). The van der Waals surface area contributed by atoms with E-state index in [4.69, 9.17) is 4.74 Å². The number of amides is 1. The van der Waals surface area contributed by atoms with E-state index in [2.05, 4.69) is 10.4 Å². The lowest BCUT2D eigenvalue weighted by Crippen LogP contribution is -2.28. The van der Waals surface area contributed by atoms with Crippen LogP contribution in [0.25, 0.3) is 16.5 Å². The quantitative estimate of drug-likeness (QED) is 0.524. The molecule has 7 nitrogen and oxygen atoms in total. The van der Waals surface area contributed by atoms with E-state index < -0.39 is 0 Å². The van der Waals surface area contributed by atoms with E-state index in [-0.39, 0.29) is 18.0 Å². The molecule has 0 saturated carbocycles. The van der Waals surface area contributed by atoms with E-state index in [0.29, 0.717) is 17.6 Å². The molecule has 31 heavy (non-hydrogen) atoms. The van der Waals surface area contributed by atoms with Crippen molar-refractivity contribution >= 4 is 16.7 Å². The third-order valence-electron chi connectivity index (χ3n) is 5.47. The molecule has 2 aromatic carbocycles. The third kappa shape index (κ3) is 3.94. The van der Waals surface area contributed by atoms with Crippen molar-refractivity contribution in [2.75, 3.05) is 7.11 Å². The summed E-state index contributed by atoms with van der Waals surface area (Å²) < 4.78 is 8.48. The fourth-order valence-electron chi connectivity index (χ4n) is 3.78. The Morgan fingerprint density at radius 2 is 1.84 bits per heavy atom. The van der Waals surface area contributed by atoms with Gasteiger partial charge in [0.1, 0.15) is 12.3 Å². The van der Waals surface area contributed by atoms with Gasteiger partial charge in [0.25, 0.3) is 5.56 Å². The lowest BCUT2D eigenvalue weighted by atomic mass is 10.2. The van der Waals surface area contributed by atoms with Crippen LogP contribution in [-0.4, -0.2) is 27.4 Å². The molecule has 2 aromatic heterocycles. The number of carbonyl (C=O) groups is 1. The molecule has 0 saturated heterocycles. The normalized spacial score (nSPS) is 10.9. The maximum Gasteiger partial charge on any atom is 0.281 e. The summed E-state index contributed by atoms with van der Waals surface area (Å²) in [5.74, 6) is 0.614. The predicted octanol–water partition coefficient (Wildman–Crippen LogP) is 3.13. The molecule has 7 heteroatoms. The third-order valence-corrected chi connectivity index (χ3v) is 5.47. The first-order chi connectivity index (χ1) is 15.0. The Hall–Kier alpha value is -3.87. The van der Waals surface area contributed by atoms with Crippen LogP contribution in [0, 0.1) is 13.8 Å². The van der Waals surface area contributed by atoms with Gasteiger partial charge in [-0.1, -0.05) is 30.3 Å². The first-order valence-corrected chi connectivity index (χ1v) is 10.0. The van der Waals surface area contributed by atoms with Crippen LogP contribution in [0.2, 0.25) is 0 Å². The molecule has 2 heterocycles. The number of nitrogens with one attached hydrogen (secondary N) is 1. The second-order valence-corrected chi connectivity index (χ2v) is 7.37. The van der Waals surface area contributed by atoms with Gasteiger partial charge in [0.2, 0.25) is 5.91 Å². The van der Waals surface area contributed by atoms with Gasteiger partial charge in [0.15, 0.2) is 0 Å². The van der Waals surface area contributed by atoms with Crippen LogP contribution in [0.5, 0.6) is 5.75 Å². The van der Waals surface area contributed by atoms with Crippen LogP contribution in [0.15, 0.2) is 65.6 Å². The smallest absolute Gasteiger partial charge is 0.281 e. The maximum absolute atomic E-state index is 13.1. The largest absolute Gasteiger partial charge is 0.497 e. The number of benzene rings is 2. The molecule has 0 bridgehead atoms. The molecule has 1 amide bonds. The summed E-state index contributed by atoms with van der Waals surface area (Å²) in [5.41, 5.74) is 3.05. The SMILES string of the molecule is COc1cccc(CNC(=O)Cn2c(C)c3cnn(-c4ccccc4)c(=O)c3c2C)c1. The van der Waals surface area contributed by atoms with E-state index in [9.17, 15) is 9.59 Å². The summed E-state index contributed by atoms with van der Waals surface area (Å²) in [6, 6.07) is 16.9. The molecule has 4 aromatic rings. The number of hydrogen-bond acceptors (Lipinski definition) is 4. The molecule has 0 aliphatic carbocycles. The Morgan fingerprint density at radius 1 is 1.06 bits per heavy atom. The minimum Gasteiger partial charge on any atom is -0.497 e. The van der Waals surface area contributed by atoms with Crippen LogP contribution >= 0.6 is 0 Å². The molecule has 0 aliphatic rings. The van der Waals surface area contributed by atoms with Crippen LogP contribution in [0.4, 0.5) is 0 Å². The molecule has 0 spiro atoms. The second kappa shape index (κ2) is 8.47. The lowest BCUT2D eigenvalue weighted by molar-refractivity contribution is -0.121. The summed E-state index contributed by atoms with van der Waals surface area (Å²) in [5, 5.41) is 8.62. The number of aryl methyl sites for hydroxylation is 2. The number of methoxy groups -OCH3 is 1. The highest BCUT2D eigenvalue weighted by atomic mass is 16.5. The molecule has 0 radical (unpaired) electrons. The lowest BCUT2D eigenvalue weighted by Gasteiger charge is -2.10. The number of rotatable bonds is 6. The molecule has 158 valence electrons. The zero-order chi connectivity index (χ0) is 22.0. The monoisotopic (exact) mass is 416 g/mol. The van der Waals surface area contributed by atoms with Gasteiger partial charge in [-0.05, 0) is 43.7 Å². The summed E-state index contributed by atoms with van der Waals surface area (Å²) in [6.07, 6.45) is 1.69. The van der Waals surface area contributed by atoms with Crippen LogP contribution in [0.1, 0.15) is 17.0 Å². The molecular formula is C24H24N4O3. The van der Waals surface area contributed by atoms with Crippen molar-refractivity contribution in [1.29, 1.82) is 0 Å². The number of aromatic nitrogens is 3. The minimum absolute atomic E-state index is 0.126. The summed E-state index contributed by atoms with van der Waals surface area (Å²) in [4.78, 5) is 25.8. The van der Waals surface area contributed by atoms with Crippen LogP contribution < -0.4 is 15.6 Å². The van der Waals surface area contributed by atoms with E-state index >= 15 is 0 Å². The van der Waals surface area contributed by atoms with Crippen LogP contribution in [-0.2, 0) is 17.9 Å². The highest BCUT2D eigenvalue weighted by Gasteiger charge is 2.18. The second-order valence-electron chi connectivity index (χ2n) is 7.37. The van der Waals surface area contributed by atoms with Crippen LogP contribution in [0.3, 0.4) is 0 Å². The standard InChI is InChI=1S/C24H24N4O3/c1-16-21-14-26-28(19-9-5-4-6-10-19)24(30)23(21)17(2)27(16)15-22(29)25-13-18-8-7-11-20(12-18)31-3/h4-12,14H,13,15H2,1-3H3,(H,25,29). The zero-order valence-corrected chi connectivity index (χ0v) is 17.8. The van der Waals surface area contributed by atoms with Crippen molar-refractivity contribution < 1.29 is 9.53 Å². The Kier molecular flexibility index (Phi) is 5.58. The first kappa shape index (κ1) is 20.4. The topological polar surface area (TPSA) is 78.2 Å². The molecule has 0 aliphatic heterocycles. The van der Waals surface area contributed by atoms with Crippen molar-refractivity contribution in [3.63, 3.8) is 0 Å². The van der Waals surface area contributed by atoms with Crippen molar-refractivity contribution in [2.45, 2.75) is 26.9 Å². The van der Waals surface area contributed by atoms with Gasteiger partial charge in [0.05, 0.1) is 24.4 Å².